The Hall–Kier alpha value is -8.97. The van der Waals surface area contributed by atoms with E-state index in [0.717, 1.165) is 28.1 Å². The molecule has 12 nitrogen and oxygen atoms in total. The number of azo groups is 2. The molecule has 0 bridgehead atoms. The fourth-order valence-corrected chi connectivity index (χ4v) is 8.18. The highest BCUT2D eigenvalue weighted by molar-refractivity contribution is 6.34. The molecule has 9 aromatic carbocycles. The van der Waals surface area contributed by atoms with Gasteiger partial charge in [-0.3, -0.25) is 9.59 Å². The lowest BCUT2D eigenvalue weighted by Gasteiger charge is -2.12. The summed E-state index contributed by atoms with van der Waals surface area (Å²) in [5, 5.41) is 54.6. The van der Waals surface area contributed by atoms with Crippen LogP contribution in [0.4, 0.5) is 34.1 Å². The quantitative estimate of drug-likeness (QED) is 0.0946. The van der Waals surface area contributed by atoms with Crippen molar-refractivity contribution in [2.24, 2.45) is 20.5 Å². The SMILES string of the molecule is O=C(Nc1ccccc1Cl)c1cc2ccccc2c(N=Nc2ccc(-c3cn(-c4ccc(N=Nc5c(O)c(C(=O)Nc6ccccc6Cl)cc6ccccc56)cc4)nc3-c3ccccc3)cc2)c1O. The maximum Gasteiger partial charge on any atom is 0.259 e. The highest BCUT2D eigenvalue weighted by Gasteiger charge is 2.21. The van der Waals surface area contributed by atoms with Gasteiger partial charge in [-0.05, 0) is 89.1 Å². The average molecular weight is 944 g/mol. The van der Waals surface area contributed by atoms with E-state index in [-0.39, 0.29) is 34.0 Å². The van der Waals surface area contributed by atoms with E-state index in [1.165, 1.54) is 0 Å². The molecule has 2 amide bonds. The predicted molar refractivity (Wildman–Crippen MR) is 273 cm³/mol. The van der Waals surface area contributed by atoms with Crippen molar-refractivity contribution in [2.75, 3.05) is 10.6 Å². The molecule has 69 heavy (non-hydrogen) atoms. The normalized spacial score (nSPS) is 11.4. The number of phenolic OH excluding ortho intramolecular Hbond substituents is 2. The van der Waals surface area contributed by atoms with E-state index in [1.54, 1.807) is 83.5 Å². The zero-order chi connectivity index (χ0) is 47.4. The molecule has 0 aliphatic rings. The highest BCUT2D eigenvalue weighted by atomic mass is 35.5. The molecule has 0 saturated heterocycles. The standard InChI is InChI=1S/C55H36Cl2N8O4/c56-45-18-8-10-20-47(45)58-54(68)42-30-35-14-4-6-16-40(35)50(52(42)66)62-60-37-24-22-33(23-25-37)44-32-65(64-49(44)34-12-2-1-3-13-34)39-28-26-38(27-29-39)61-63-51-41-17-7-5-15-36(41)31-43(53(51)67)55(69)59-48-21-11-9-19-46(48)57/h1-32,66-67H,(H,58,68)(H,59,69). The number of hydrogen-bond donors (Lipinski definition) is 4. The van der Waals surface area contributed by atoms with Crippen molar-refractivity contribution < 1.29 is 19.8 Å². The maximum absolute atomic E-state index is 13.4. The molecule has 0 aliphatic carbocycles. The third-order valence-electron chi connectivity index (χ3n) is 11.3. The smallest absolute Gasteiger partial charge is 0.259 e. The Morgan fingerprint density at radius 3 is 1.45 bits per heavy atom. The molecule has 0 spiro atoms. The monoisotopic (exact) mass is 942 g/mol. The van der Waals surface area contributed by atoms with Gasteiger partial charge in [0.25, 0.3) is 11.8 Å². The first-order chi connectivity index (χ1) is 33.7. The molecule has 10 aromatic rings. The zero-order valence-corrected chi connectivity index (χ0v) is 37.6. The summed E-state index contributed by atoms with van der Waals surface area (Å²) >= 11 is 12.6. The summed E-state index contributed by atoms with van der Waals surface area (Å²) in [4.78, 5) is 26.8. The van der Waals surface area contributed by atoms with Crippen LogP contribution >= 0.6 is 23.2 Å². The number of aromatic hydroxyl groups is 2. The Bertz CT molecular complexity index is 3650. The van der Waals surface area contributed by atoms with Gasteiger partial charge in [0.1, 0.15) is 17.1 Å². The summed E-state index contributed by atoms with van der Waals surface area (Å²) in [6, 6.07) is 56.2. The third-order valence-corrected chi connectivity index (χ3v) is 12.0. The van der Waals surface area contributed by atoms with Crippen LogP contribution in [0.1, 0.15) is 20.7 Å². The van der Waals surface area contributed by atoms with Gasteiger partial charge in [-0.15, -0.1) is 10.2 Å². The number of carbonyl (C=O) groups is 2. The molecule has 0 unspecified atom stereocenters. The lowest BCUT2D eigenvalue weighted by atomic mass is 10.0. The highest BCUT2D eigenvalue weighted by Crippen LogP contribution is 2.42. The molecule has 0 radical (unpaired) electrons. The Kier molecular flexibility index (Phi) is 12.1. The Balaban J connectivity index is 0.920. The summed E-state index contributed by atoms with van der Waals surface area (Å²) < 4.78 is 1.79. The van der Waals surface area contributed by atoms with Gasteiger partial charge in [0, 0.05) is 28.1 Å². The number of anilines is 2. The topological polar surface area (TPSA) is 166 Å². The van der Waals surface area contributed by atoms with Gasteiger partial charge < -0.3 is 20.8 Å². The van der Waals surface area contributed by atoms with Gasteiger partial charge in [-0.1, -0.05) is 138 Å². The fraction of sp³-hybridized carbons (Fsp3) is 0. The molecule has 10 rings (SSSR count). The number of amides is 2. The van der Waals surface area contributed by atoms with Crippen LogP contribution in [-0.2, 0) is 0 Å². The molecule has 0 fully saturated rings. The van der Waals surface area contributed by atoms with E-state index < -0.39 is 11.8 Å². The summed E-state index contributed by atoms with van der Waals surface area (Å²) in [6.45, 7) is 0. The van der Waals surface area contributed by atoms with Crippen LogP contribution < -0.4 is 10.6 Å². The molecule has 1 heterocycles. The van der Waals surface area contributed by atoms with Crippen LogP contribution in [0.3, 0.4) is 0 Å². The number of halogens is 2. The van der Waals surface area contributed by atoms with Gasteiger partial charge in [0.2, 0.25) is 0 Å². The molecule has 0 atom stereocenters. The number of phenols is 2. The minimum atomic E-state index is -0.548. The van der Waals surface area contributed by atoms with Gasteiger partial charge >= 0.3 is 0 Å². The number of nitrogens with zero attached hydrogens (tertiary/aromatic N) is 6. The van der Waals surface area contributed by atoms with Crippen LogP contribution in [0, 0.1) is 0 Å². The fourth-order valence-electron chi connectivity index (χ4n) is 7.81. The third kappa shape index (κ3) is 9.13. The molecule has 334 valence electrons. The first kappa shape index (κ1) is 43.9. The number of fused-ring (bicyclic) bond motifs is 2. The molecular formula is C55H36Cl2N8O4. The number of rotatable bonds is 11. The van der Waals surface area contributed by atoms with E-state index in [0.29, 0.717) is 54.3 Å². The summed E-state index contributed by atoms with van der Waals surface area (Å²) in [7, 11) is 0. The van der Waals surface area contributed by atoms with E-state index in [4.69, 9.17) is 28.3 Å². The van der Waals surface area contributed by atoms with E-state index in [1.807, 2.05) is 115 Å². The maximum atomic E-state index is 13.4. The van der Waals surface area contributed by atoms with Crippen molar-refractivity contribution in [1.29, 1.82) is 0 Å². The first-order valence-corrected chi connectivity index (χ1v) is 22.2. The van der Waals surface area contributed by atoms with Crippen LogP contribution in [0.15, 0.2) is 215 Å². The number of para-hydroxylation sites is 2. The van der Waals surface area contributed by atoms with Gasteiger partial charge in [0.05, 0.1) is 49.6 Å². The second-order valence-corrected chi connectivity index (χ2v) is 16.5. The number of carbonyl (C=O) groups excluding carboxylic acids is 2. The van der Waals surface area contributed by atoms with Crippen molar-refractivity contribution in [1.82, 2.24) is 9.78 Å². The van der Waals surface area contributed by atoms with Gasteiger partial charge in [-0.25, -0.2) is 4.68 Å². The molecule has 4 N–H and O–H groups in total. The second kappa shape index (κ2) is 19.1. The minimum Gasteiger partial charge on any atom is -0.505 e. The molecule has 1 aromatic heterocycles. The Labute approximate surface area is 404 Å². The molecule has 0 saturated carbocycles. The van der Waals surface area contributed by atoms with E-state index >= 15 is 0 Å². The van der Waals surface area contributed by atoms with Crippen molar-refractivity contribution >= 4 is 90.7 Å². The Morgan fingerprint density at radius 2 is 0.942 bits per heavy atom. The van der Waals surface area contributed by atoms with E-state index in [9.17, 15) is 19.8 Å². The van der Waals surface area contributed by atoms with Crippen molar-refractivity contribution in [3.63, 3.8) is 0 Å². The van der Waals surface area contributed by atoms with E-state index in [2.05, 4.69) is 31.1 Å². The number of benzene rings is 9. The molecule has 0 aliphatic heterocycles. The van der Waals surface area contributed by atoms with Crippen molar-refractivity contribution in [2.45, 2.75) is 0 Å². The molecular weight excluding hydrogens is 908 g/mol. The number of hydrogen-bond acceptors (Lipinski definition) is 9. The van der Waals surface area contributed by atoms with Gasteiger partial charge in [-0.2, -0.15) is 15.3 Å². The van der Waals surface area contributed by atoms with Crippen molar-refractivity contribution in [3.8, 4) is 39.6 Å². The zero-order valence-electron chi connectivity index (χ0n) is 36.1. The first-order valence-electron chi connectivity index (χ1n) is 21.5. The summed E-state index contributed by atoms with van der Waals surface area (Å²) in [6.07, 6.45) is 1.95. The lowest BCUT2D eigenvalue weighted by molar-refractivity contribution is 0.101. The minimum absolute atomic E-state index is 0.0223. The number of aromatic nitrogens is 2. The van der Waals surface area contributed by atoms with Crippen LogP contribution in [0.5, 0.6) is 11.5 Å². The largest absolute Gasteiger partial charge is 0.505 e. The van der Waals surface area contributed by atoms with Gasteiger partial charge in [0.15, 0.2) is 11.5 Å². The predicted octanol–water partition coefficient (Wildman–Crippen LogP) is 15.6. The second-order valence-electron chi connectivity index (χ2n) is 15.7. The summed E-state index contributed by atoms with van der Waals surface area (Å²) in [5.41, 5.74) is 6.32. The lowest BCUT2D eigenvalue weighted by Crippen LogP contribution is -2.12. The van der Waals surface area contributed by atoms with Crippen LogP contribution in [-0.4, -0.2) is 31.8 Å². The van der Waals surface area contributed by atoms with Crippen molar-refractivity contribution in [3.05, 3.63) is 215 Å². The molecule has 14 heteroatoms. The average Bonchev–Trinajstić information content (AvgIpc) is 3.83. The number of nitrogens with one attached hydrogen (secondary N) is 2. The Morgan fingerprint density at radius 1 is 0.493 bits per heavy atom. The van der Waals surface area contributed by atoms with Crippen LogP contribution in [0.25, 0.3) is 49.6 Å². The summed E-state index contributed by atoms with van der Waals surface area (Å²) in [5.74, 6) is -1.73. The van der Waals surface area contributed by atoms with Crippen LogP contribution in [0.2, 0.25) is 10.0 Å².